The summed E-state index contributed by atoms with van der Waals surface area (Å²) in [5.41, 5.74) is 7.01. The number of rotatable bonds is 5. The zero-order valence-electron chi connectivity index (χ0n) is 19.2. The van der Waals surface area contributed by atoms with E-state index in [2.05, 4.69) is 5.32 Å². The first kappa shape index (κ1) is 21.6. The van der Waals surface area contributed by atoms with Crippen molar-refractivity contribution in [3.63, 3.8) is 0 Å². The number of benzene rings is 2. The molecule has 0 saturated heterocycles. The van der Waals surface area contributed by atoms with E-state index in [1.165, 1.54) is 5.56 Å². The zero-order chi connectivity index (χ0) is 23.0. The summed E-state index contributed by atoms with van der Waals surface area (Å²) >= 11 is 0. The maximum atomic E-state index is 13.3. The predicted molar refractivity (Wildman–Crippen MR) is 129 cm³/mol. The van der Waals surface area contributed by atoms with Crippen molar-refractivity contribution in [2.45, 2.75) is 40.5 Å². The molecule has 2 aromatic heterocycles. The Balaban J connectivity index is 1.68. The molecular weight excluding hydrogens is 400 g/mol. The van der Waals surface area contributed by atoms with Gasteiger partial charge in [-0.2, -0.15) is 5.10 Å². The van der Waals surface area contributed by atoms with Crippen molar-refractivity contribution in [3.8, 4) is 5.69 Å². The van der Waals surface area contributed by atoms with E-state index in [0.717, 1.165) is 39.2 Å². The summed E-state index contributed by atoms with van der Waals surface area (Å²) < 4.78 is 3.47. The van der Waals surface area contributed by atoms with E-state index in [4.69, 9.17) is 5.10 Å². The van der Waals surface area contributed by atoms with Gasteiger partial charge in [-0.3, -0.25) is 14.2 Å². The Morgan fingerprint density at radius 3 is 2.41 bits per heavy atom. The molecule has 6 heteroatoms. The number of nitrogens with one attached hydrogen (secondary N) is 1. The number of hydrogen-bond donors (Lipinski definition) is 1. The SMILES string of the molecule is Cc1ccc(-n2nc(C)c3c(C)c(CCC(=O)Nc4cccc(C)c4)c(=O)n(C)c32)cc1. The Labute approximate surface area is 187 Å². The number of aryl methyl sites for hydroxylation is 5. The number of aromatic nitrogens is 3. The summed E-state index contributed by atoms with van der Waals surface area (Å²) in [6, 6.07) is 15.8. The molecule has 0 aliphatic heterocycles. The number of carbonyl (C=O) groups is 1. The molecule has 0 radical (unpaired) electrons. The van der Waals surface area contributed by atoms with Gasteiger partial charge in [-0.25, -0.2) is 4.68 Å². The molecule has 4 aromatic rings. The summed E-state index contributed by atoms with van der Waals surface area (Å²) in [6.45, 7) is 7.93. The highest BCUT2D eigenvalue weighted by atomic mass is 16.1. The van der Waals surface area contributed by atoms with Crippen LogP contribution in [0.4, 0.5) is 5.69 Å². The lowest BCUT2D eigenvalue weighted by molar-refractivity contribution is -0.116. The van der Waals surface area contributed by atoms with Gasteiger partial charge in [0.2, 0.25) is 5.91 Å². The van der Waals surface area contributed by atoms with Crippen molar-refractivity contribution in [3.05, 3.63) is 86.8 Å². The fraction of sp³-hybridized carbons (Fsp3) is 0.269. The standard InChI is InChI=1S/C26H28N4O2/c1-16-9-11-21(12-10-16)30-25-24(19(4)28-30)18(3)22(26(32)29(25)5)13-14-23(31)27-20-8-6-7-17(2)15-20/h6-12,15H,13-14H2,1-5H3,(H,27,31). The van der Waals surface area contributed by atoms with E-state index in [9.17, 15) is 9.59 Å². The van der Waals surface area contributed by atoms with Gasteiger partial charge in [0, 0.05) is 30.1 Å². The maximum Gasteiger partial charge on any atom is 0.255 e. The van der Waals surface area contributed by atoms with Gasteiger partial charge in [-0.15, -0.1) is 0 Å². The molecule has 0 aliphatic rings. The van der Waals surface area contributed by atoms with Crippen molar-refractivity contribution in [2.75, 3.05) is 5.32 Å². The Morgan fingerprint density at radius 1 is 1.00 bits per heavy atom. The highest BCUT2D eigenvalue weighted by Crippen LogP contribution is 2.26. The number of pyridine rings is 1. The Hall–Kier alpha value is -3.67. The summed E-state index contributed by atoms with van der Waals surface area (Å²) in [6.07, 6.45) is 0.613. The van der Waals surface area contributed by atoms with Crippen LogP contribution in [0.1, 0.15) is 34.4 Å². The minimum Gasteiger partial charge on any atom is -0.326 e. The Bertz CT molecular complexity index is 1380. The van der Waals surface area contributed by atoms with Gasteiger partial charge < -0.3 is 5.32 Å². The first-order chi connectivity index (χ1) is 15.3. The summed E-state index contributed by atoms with van der Waals surface area (Å²) in [5.74, 6) is -0.107. The number of nitrogens with zero attached hydrogens (tertiary/aromatic N) is 3. The molecule has 1 N–H and O–H groups in total. The number of fused-ring (bicyclic) bond motifs is 1. The molecule has 1 amide bonds. The Morgan fingerprint density at radius 2 is 1.72 bits per heavy atom. The van der Waals surface area contributed by atoms with E-state index in [0.29, 0.717) is 12.0 Å². The molecule has 0 unspecified atom stereocenters. The van der Waals surface area contributed by atoms with Crippen molar-refractivity contribution < 1.29 is 4.79 Å². The van der Waals surface area contributed by atoms with Crippen LogP contribution in [0.2, 0.25) is 0 Å². The summed E-state index contributed by atoms with van der Waals surface area (Å²) in [4.78, 5) is 25.8. The fourth-order valence-corrected chi connectivity index (χ4v) is 4.22. The highest BCUT2D eigenvalue weighted by molar-refractivity contribution is 5.91. The van der Waals surface area contributed by atoms with E-state index in [1.54, 1.807) is 11.6 Å². The molecule has 2 heterocycles. The minimum absolute atomic E-state index is 0.0911. The number of anilines is 1. The zero-order valence-corrected chi connectivity index (χ0v) is 19.2. The molecule has 6 nitrogen and oxygen atoms in total. The van der Waals surface area contributed by atoms with Crippen molar-refractivity contribution >= 4 is 22.6 Å². The average Bonchev–Trinajstić information content (AvgIpc) is 3.10. The van der Waals surface area contributed by atoms with Crippen molar-refractivity contribution in [1.82, 2.24) is 14.3 Å². The second kappa shape index (κ2) is 8.46. The molecule has 32 heavy (non-hydrogen) atoms. The number of carbonyl (C=O) groups excluding carboxylic acids is 1. The van der Waals surface area contributed by atoms with E-state index >= 15 is 0 Å². The lowest BCUT2D eigenvalue weighted by Gasteiger charge is -2.13. The molecule has 2 aromatic carbocycles. The molecule has 0 spiro atoms. The van der Waals surface area contributed by atoms with Crippen molar-refractivity contribution in [1.29, 1.82) is 0 Å². The van der Waals surface area contributed by atoms with Crippen LogP contribution < -0.4 is 10.9 Å². The monoisotopic (exact) mass is 428 g/mol. The van der Waals surface area contributed by atoms with Crippen LogP contribution in [-0.4, -0.2) is 20.3 Å². The van der Waals surface area contributed by atoms with Crippen LogP contribution in [0.25, 0.3) is 16.7 Å². The third-order valence-corrected chi connectivity index (χ3v) is 5.93. The highest BCUT2D eigenvalue weighted by Gasteiger charge is 2.20. The van der Waals surface area contributed by atoms with Gasteiger partial charge in [-0.05, 0) is 69.5 Å². The molecule has 164 valence electrons. The number of hydrogen-bond acceptors (Lipinski definition) is 3. The Kier molecular flexibility index (Phi) is 5.70. The fourth-order valence-electron chi connectivity index (χ4n) is 4.22. The second-order valence-electron chi connectivity index (χ2n) is 8.42. The van der Waals surface area contributed by atoms with Gasteiger partial charge in [0.1, 0.15) is 5.65 Å². The molecule has 4 rings (SSSR count). The van der Waals surface area contributed by atoms with Gasteiger partial charge in [0.05, 0.1) is 11.4 Å². The van der Waals surface area contributed by atoms with Gasteiger partial charge in [0.25, 0.3) is 5.56 Å². The van der Waals surface area contributed by atoms with Crippen LogP contribution in [0, 0.1) is 27.7 Å². The van der Waals surface area contributed by atoms with Crippen LogP contribution in [-0.2, 0) is 18.3 Å². The van der Waals surface area contributed by atoms with Crippen LogP contribution in [0.5, 0.6) is 0 Å². The molecule has 0 atom stereocenters. The molecular formula is C26H28N4O2. The van der Waals surface area contributed by atoms with Crippen LogP contribution in [0.15, 0.2) is 53.3 Å². The largest absolute Gasteiger partial charge is 0.326 e. The van der Waals surface area contributed by atoms with Crippen LogP contribution in [0.3, 0.4) is 0 Å². The molecule has 0 aliphatic carbocycles. The lowest BCUT2D eigenvalue weighted by atomic mass is 10.0. The molecule has 0 saturated carbocycles. The number of amides is 1. The average molecular weight is 429 g/mol. The van der Waals surface area contributed by atoms with Gasteiger partial charge in [-0.1, -0.05) is 29.8 Å². The van der Waals surface area contributed by atoms with Gasteiger partial charge in [0.15, 0.2) is 0 Å². The molecule has 0 bridgehead atoms. The third kappa shape index (κ3) is 3.96. The van der Waals surface area contributed by atoms with Crippen molar-refractivity contribution in [2.24, 2.45) is 7.05 Å². The normalized spacial score (nSPS) is 11.2. The third-order valence-electron chi connectivity index (χ3n) is 5.93. The topological polar surface area (TPSA) is 68.9 Å². The first-order valence-electron chi connectivity index (χ1n) is 10.8. The first-order valence-corrected chi connectivity index (χ1v) is 10.8. The van der Waals surface area contributed by atoms with E-state index in [-0.39, 0.29) is 17.9 Å². The smallest absolute Gasteiger partial charge is 0.255 e. The summed E-state index contributed by atoms with van der Waals surface area (Å²) in [7, 11) is 1.77. The summed E-state index contributed by atoms with van der Waals surface area (Å²) in [5, 5.41) is 8.61. The van der Waals surface area contributed by atoms with Crippen LogP contribution >= 0.6 is 0 Å². The molecule has 0 fully saturated rings. The quantitative estimate of drug-likeness (QED) is 0.508. The lowest BCUT2D eigenvalue weighted by Crippen LogP contribution is -2.25. The van der Waals surface area contributed by atoms with E-state index < -0.39 is 0 Å². The van der Waals surface area contributed by atoms with E-state index in [1.807, 2.05) is 80.9 Å². The van der Waals surface area contributed by atoms with Gasteiger partial charge >= 0.3 is 0 Å². The minimum atomic E-state index is -0.107. The predicted octanol–water partition coefficient (Wildman–Crippen LogP) is 4.53. The second-order valence-corrected chi connectivity index (χ2v) is 8.42. The maximum absolute atomic E-state index is 13.3.